The second-order valence-corrected chi connectivity index (χ2v) is 1.000. The molecule has 0 saturated heterocycles. The van der Waals surface area contributed by atoms with Crippen LogP contribution >= 0.6 is 0 Å². The Hall–Kier alpha value is 0.0499. The maximum Gasteiger partial charge on any atom is 0.230 e. The van der Waals surface area contributed by atoms with Gasteiger partial charge in [0.25, 0.3) is 0 Å². The lowest BCUT2D eigenvalue weighted by Gasteiger charge is -1.96. The van der Waals surface area contributed by atoms with E-state index in [0.717, 1.165) is 7.37 Å². The molecule has 0 unspecified atom stereocenters. The molecule has 7 heavy (non-hydrogen) atoms. The summed E-state index contributed by atoms with van der Waals surface area (Å²) in [6.45, 7) is 1.13. The number of hydrogen-bond acceptors (Lipinski definition) is 2. The highest BCUT2D eigenvalue weighted by molar-refractivity contribution is 6.85. The zero-order chi connectivity index (χ0) is 5.54. The highest BCUT2D eigenvalue weighted by atomic mass is 16.5. The number of rotatable bonds is 4. The van der Waals surface area contributed by atoms with Crippen LogP contribution in [0.15, 0.2) is 0 Å². The Kier molecular flexibility index (Phi) is 6.09. The molecule has 0 heterocycles. The van der Waals surface area contributed by atoms with Gasteiger partial charge in [-0.15, -0.1) is 0 Å². The summed E-state index contributed by atoms with van der Waals surface area (Å²) >= 11 is 0. The first-order valence-electron chi connectivity index (χ1n) is 2.05. The van der Waals surface area contributed by atoms with E-state index in [1.54, 1.807) is 7.11 Å². The number of hydrogen-bond donors (Lipinski definition) is 0. The summed E-state index contributed by atoms with van der Waals surface area (Å²) < 4.78 is 9.25. The summed E-state index contributed by atoms with van der Waals surface area (Å²) in [4.78, 5) is 0. The van der Waals surface area contributed by atoms with E-state index in [0.29, 0.717) is 13.2 Å². The quantitative estimate of drug-likeness (QED) is 0.342. The summed E-state index contributed by atoms with van der Waals surface area (Å²) in [5.41, 5.74) is 0. The lowest BCUT2D eigenvalue weighted by Crippen LogP contribution is -2.04. The Labute approximate surface area is 45.9 Å². The topological polar surface area (TPSA) is 18.5 Å². The van der Waals surface area contributed by atoms with Crippen LogP contribution in [0.2, 0.25) is 0 Å². The van der Waals surface area contributed by atoms with Crippen LogP contribution in [0, 0.1) is 0 Å². The monoisotopic (exact) mass is 97.1 g/mol. The van der Waals surface area contributed by atoms with Gasteiger partial charge in [0.15, 0.2) is 0 Å². The smallest absolute Gasteiger partial charge is 0.230 e. The summed E-state index contributed by atoms with van der Waals surface area (Å²) in [7, 11) is 7.63. The molecule has 4 heteroatoms. The normalized spacial score (nSPS) is 8.71. The molecule has 0 amide bonds. The molecule has 0 bridgehead atoms. The molecule has 0 aromatic carbocycles. The van der Waals surface area contributed by atoms with Gasteiger partial charge in [0, 0.05) is 7.11 Å². The van der Waals surface area contributed by atoms with Gasteiger partial charge in [0.1, 0.15) is 0 Å². The zero-order valence-electron chi connectivity index (χ0n) is 4.39. The van der Waals surface area contributed by atoms with Gasteiger partial charge in [-0.3, -0.25) is 0 Å². The van der Waals surface area contributed by atoms with Crippen molar-refractivity contribution in [2.75, 3.05) is 20.3 Å². The molecular formula is C3H7B2O2. The summed E-state index contributed by atoms with van der Waals surface area (Å²) in [5.74, 6) is 0. The second-order valence-electron chi connectivity index (χ2n) is 1.000. The molecule has 3 radical (unpaired) electrons. The molecule has 0 spiro atoms. The van der Waals surface area contributed by atoms with E-state index in [1.165, 1.54) is 0 Å². The van der Waals surface area contributed by atoms with E-state index in [4.69, 9.17) is 7.74 Å². The maximum atomic E-state index is 4.87. The third kappa shape index (κ3) is 6.05. The van der Waals surface area contributed by atoms with Gasteiger partial charge in [-0.1, -0.05) is 0 Å². The van der Waals surface area contributed by atoms with Gasteiger partial charge in [0.2, 0.25) is 7.37 Å². The van der Waals surface area contributed by atoms with Gasteiger partial charge in [-0.25, -0.2) is 0 Å². The van der Waals surface area contributed by atoms with Crippen LogP contribution in [0.1, 0.15) is 0 Å². The van der Waals surface area contributed by atoms with Crippen molar-refractivity contribution in [2.45, 2.75) is 0 Å². The number of methoxy groups -OCH3 is 1. The Morgan fingerprint density at radius 2 is 2.29 bits per heavy atom. The maximum absolute atomic E-state index is 4.87. The van der Waals surface area contributed by atoms with Crippen molar-refractivity contribution in [2.24, 2.45) is 0 Å². The SMILES string of the molecule is [B][B]OCCOC. The van der Waals surface area contributed by atoms with Crippen LogP contribution in [0.5, 0.6) is 0 Å². The fraction of sp³-hybridized carbons (Fsp3) is 1.00. The first-order valence-corrected chi connectivity index (χ1v) is 2.05. The molecule has 0 atom stereocenters. The van der Waals surface area contributed by atoms with Gasteiger partial charge >= 0.3 is 0 Å². The summed E-state index contributed by atoms with van der Waals surface area (Å²) in [5, 5.41) is 0. The average molecular weight is 96.7 g/mol. The molecular weight excluding hydrogens is 89.7 g/mol. The minimum absolute atomic E-state index is 0.535. The average Bonchev–Trinajstić information content (AvgIpc) is 1.69. The van der Waals surface area contributed by atoms with Crippen molar-refractivity contribution >= 4 is 15.1 Å². The minimum Gasteiger partial charge on any atom is -0.450 e. The fourth-order valence-electron chi connectivity index (χ4n) is 0.199. The Morgan fingerprint density at radius 3 is 2.71 bits per heavy atom. The van der Waals surface area contributed by atoms with E-state index in [-0.39, 0.29) is 0 Å². The molecule has 37 valence electrons. The molecule has 0 aromatic rings. The summed E-state index contributed by atoms with van der Waals surface area (Å²) in [6.07, 6.45) is 0. The highest BCUT2D eigenvalue weighted by Gasteiger charge is 1.79. The van der Waals surface area contributed by atoms with Crippen molar-refractivity contribution in [3.63, 3.8) is 0 Å². The molecule has 0 aliphatic carbocycles. The van der Waals surface area contributed by atoms with Crippen LogP contribution in [0.25, 0.3) is 0 Å². The van der Waals surface area contributed by atoms with Crippen LogP contribution in [-0.2, 0) is 9.39 Å². The van der Waals surface area contributed by atoms with E-state index < -0.39 is 0 Å². The van der Waals surface area contributed by atoms with Gasteiger partial charge in [-0.2, -0.15) is 0 Å². The van der Waals surface area contributed by atoms with Crippen molar-refractivity contribution < 1.29 is 9.39 Å². The summed E-state index contributed by atoms with van der Waals surface area (Å²) in [6, 6.07) is 0. The lowest BCUT2D eigenvalue weighted by molar-refractivity contribution is 0.151. The molecule has 0 fully saturated rings. The molecule has 0 rings (SSSR count). The van der Waals surface area contributed by atoms with Gasteiger partial charge in [0.05, 0.1) is 21.0 Å². The van der Waals surface area contributed by atoms with Crippen molar-refractivity contribution in [3.8, 4) is 0 Å². The predicted octanol–water partition coefficient (Wildman–Crippen LogP) is -0.648. The standard InChI is InChI=1S/C3H7B2O2/c1-6-2-3-7-5-4/h2-3H2,1H3. The van der Waals surface area contributed by atoms with E-state index in [9.17, 15) is 0 Å². The van der Waals surface area contributed by atoms with E-state index in [1.807, 2.05) is 0 Å². The van der Waals surface area contributed by atoms with Crippen molar-refractivity contribution in [1.82, 2.24) is 0 Å². The molecule has 0 N–H and O–H groups in total. The Bertz CT molecular complexity index is 30.1. The van der Waals surface area contributed by atoms with E-state index in [2.05, 4.69) is 9.39 Å². The first kappa shape index (κ1) is 7.05. The Balaban J connectivity index is 2.45. The predicted molar refractivity (Wildman–Crippen MR) is 29.3 cm³/mol. The lowest BCUT2D eigenvalue weighted by atomic mass is 9.72. The first-order chi connectivity index (χ1) is 3.41. The molecule has 0 aliphatic rings. The second kappa shape index (κ2) is 6.05. The number of ether oxygens (including phenoxy) is 1. The molecule has 2 nitrogen and oxygen atoms in total. The van der Waals surface area contributed by atoms with Crippen molar-refractivity contribution in [1.29, 1.82) is 0 Å². The van der Waals surface area contributed by atoms with Crippen LogP contribution < -0.4 is 0 Å². The van der Waals surface area contributed by atoms with Crippen LogP contribution in [0.4, 0.5) is 0 Å². The molecule has 0 aromatic heterocycles. The van der Waals surface area contributed by atoms with Crippen LogP contribution in [0.3, 0.4) is 0 Å². The van der Waals surface area contributed by atoms with Gasteiger partial charge < -0.3 is 9.39 Å². The zero-order valence-corrected chi connectivity index (χ0v) is 4.39. The fourth-order valence-corrected chi connectivity index (χ4v) is 0.199. The molecule has 0 aliphatic heterocycles. The largest absolute Gasteiger partial charge is 0.450 e. The molecule has 0 saturated carbocycles. The highest BCUT2D eigenvalue weighted by Crippen LogP contribution is 1.67. The minimum atomic E-state index is 0.535. The van der Waals surface area contributed by atoms with Crippen molar-refractivity contribution in [3.05, 3.63) is 0 Å². The third-order valence-electron chi connectivity index (χ3n) is 0.502. The van der Waals surface area contributed by atoms with E-state index >= 15 is 0 Å². The third-order valence-corrected chi connectivity index (χ3v) is 0.502. The van der Waals surface area contributed by atoms with Gasteiger partial charge in [-0.05, 0) is 0 Å². The Morgan fingerprint density at radius 1 is 1.57 bits per heavy atom. The van der Waals surface area contributed by atoms with Crippen LogP contribution in [-0.4, -0.2) is 35.4 Å².